The molecular formula is C19H21N7O5. The molecule has 3 aromatic rings. The Kier molecular flexibility index (Phi) is 6.60. The van der Waals surface area contributed by atoms with Gasteiger partial charge in [0, 0.05) is 24.8 Å². The number of hydrogen-bond acceptors (Lipinski definition) is 7. The van der Waals surface area contributed by atoms with Gasteiger partial charge in [-0.15, -0.1) is 5.10 Å². The molecule has 162 valence electrons. The molecule has 0 saturated carbocycles. The van der Waals surface area contributed by atoms with Crippen molar-refractivity contribution in [1.82, 2.24) is 19.6 Å². The van der Waals surface area contributed by atoms with Crippen LogP contribution >= 0.6 is 0 Å². The van der Waals surface area contributed by atoms with Crippen LogP contribution in [0.4, 0.5) is 17.1 Å². The summed E-state index contributed by atoms with van der Waals surface area (Å²) >= 11 is 0. The minimum atomic E-state index is -0.612. The number of rotatable bonds is 9. The second-order valence-electron chi connectivity index (χ2n) is 6.41. The van der Waals surface area contributed by atoms with Crippen molar-refractivity contribution >= 4 is 28.9 Å². The van der Waals surface area contributed by atoms with Crippen molar-refractivity contribution < 1.29 is 19.2 Å². The number of carbonyl (C=O) groups is 2. The molecule has 0 spiro atoms. The van der Waals surface area contributed by atoms with E-state index >= 15 is 0 Å². The van der Waals surface area contributed by atoms with Crippen LogP contribution in [0, 0.1) is 10.1 Å². The Morgan fingerprint density at radius 3 is 2.48 bits per heavy atom. The summed E-state index contributed by atoms with van der Waals surface area (Å²) in [4.78, 5) is 35.4. The van der Waals surface area contributed by atoms with Gasteiger partial charge >= 0.3 is 11.6 Å². The Bertz CT molecular complexity index is 1090. The summed E-state index contributed by atoms with van der Waals surface area (Å²) in [6.45, 7) is 2.46. The SMILES string of the molecule is CCn1cc(NC(=O)CCn2cc([N+](=O)[O-])c(OC)n2)c(C(=O)Nc2ccccc2)n1. The molecule has 2 aromatic heterocycles. The monoisotopic (exact) mass is 427 g/mol. The standard InChI is InChI=1S/C19H21N7O5/c1-3-24-11-14(17(22-24)18(28)20-13-7-5-4-6-8-13)21-16(27)9-10-25-12-15(26(29)30)19(23-25)31-2/h4-8,11-12H,3,9-10H2,1-2H3,(H,20,28)(H,21,27). The van der Waals surface area contributed by atoms with Crippen LogP contribution in [0.25, 0.3) is 0 Å². The van der Waals surface area contributed by atoms with Gasteiger partial charge in [-0.1, -0.05) is 18.2 Å². The highest BCUT2D eigenvalue weighted by Gasteiger charge is 2.21. The molecule has 0 saturated heterocycles. The second-order valence-corrected chi connectivity index (χ2v) is 6.41. The van der Waals surface area contributed by atoms with Crippen molar-refractivity contribution in [2.24, 2.45) is 0 Å². The van der Waals surface area contributed by atoms with Crippen molar-refractivity contribution in [2.75, 3.05) is 17.7 Å². The second kappa shape index (κ2) is 9.52. The number of nitrogens with one attached hydrogen (secondary N) is 2. The van der Waals surface area contributed by atoms with Gasteiger partial charge in [-0.3, -0.25) is 29.1 Å². The topological polar surface area (TPSA) is 146 Å². The Labute approximate surface area is 177 Å². The summed E-state index contributed by atoms with van der Waals surface area (Å²) in [5.74, 6) is -0.989. The van der Waals surface area contributed by atoms with Crippen molar-refractivity contribution in [2.45, 2.75) is 26.4 Å². The van der Waals surface area contributed by atoms with Gasteiger partial charge in [0.05, 0.1) is 24.3 Å². The normalized spacial score (nSPS) is 10.5. The van der Waals surface area contributed by atoms with Crippen molar-refractivity contribution in [3.05, 3.63) is 58.5 Å². The zero-order chi connectivity index (χ0) is 22.4. The third kappa shape index (κ3) is 5.23. The van der Waals surface area contributed by atoms with Crippen molar-refractivity contribution in [3.8, 4) is 5.88 Å². The van der Waals surface area contributed by atoms with Crippen LogP contribution in [-0.4, -0.2) is 43.4 Å². The highest BCUT2D eigenvalue weighted by Crippen LogP contribution is 2.24. The molecule has 0 atom stereocenters. The average molecular weight is 427 g/mol. The minimum absolute atomic E-state index is 0.0287. The number of anilines is 2. The predicted molar refractivity (Wildman–Crippen MR) is 111 cm³/mol. The molecule has 2 heterocycles. The number of amides is 2. The Morgan fingerprint density at radius 2 is 1.87 bits per heavy atom. The molecular weight excluding hydrogens is 406 g/mol. The fourth-order valence-electron chi connectivity index (χ4n) is 2.76. The number of nitrogens with zero attached hydrogens (tertiary/aromatic N) is 5. The molecule has 2 amide bonds. The maximum absolute atomic E-state index is 12.6. The quantitative estimate of drug-likeness (QED) is 0.393. The van der Waals surface area contributed by atoms with Crippen LogP contribution in [0.5, 0.6) is 5.88 Å². The molecule has 12 nitrogen and oxygen atoms in total. The third-order valence-electron chi connectivity index (χ3n) is 4.27. The lowest BCUT2D eigenvalue weighted by Gasteiger charge is -2.06. The first-order valence-electron chi connectivity index (χ1n) is 9.40. The fraction of sp³-hybridized carbons (Fsp3) is 0.263. The van der Waals surface area contributed by atoms with E-state index in [0.717, 1.165) is 0 Å². The first-order chi connectivity index (χ1) is 14.9. The fourth-order valence-corrected chi connectivity index (χ4v) is 2.76. The lowest BCUT2D eigenvalue weighted by Crippen LogP contribution is -2.19. The zero-order valence-corrected chi connectivity index (χ0v) is 16.9. The molecule has 0 aliphatic rings. The van der Waals surface area contributed by atoms with Crippen LogP contribution in [0.3, 0.4) is 0 Å². The van der Waals surface area contributed by atoms with Gasteiger partial charge in [0.15, 0.2) is 5.69 Å². The number of hydrogen-bond donors (Lipinski definition) is 2. The number of benzene rings is 1. The maximum Gasteiger partial charge on any atom is 0.350 e. The van der Waals surface area contributed by atoms with E-state index in [2.05, 4.69) is 20.8 Å². The van der Waals surface area contributed by atoms with Gasteiger partial charge in [0.25, 0.3) is 5.91 Å². The number of carbonyl (C=O) groups excluding carboxylic acids is 2. The van der Waals surface area contributed by atoms with Gasteiger partial charge < -0.3 is 15.4 Å². The molecule has 12 heteroatoms. The summed E-state index contributed by atoms with van der Waals surface area (Å²) in [6.07, 6.45) is 2.73. The highest BCUT2D eigenvalue weighted by molar-refractivity contribution is 6.08. The molecule has 0 bridgehead atoms. The molecule has 0 aliphatic carbocycles. The van der Waals surface area contributed by atoms with Crippen LogP contribution in [-0.2, 0) is 17.9 Å². The van der Waals surface area contributed by atoms with E-state index in [0.29, 0.717) is 12.2 Å². The lowest BCUT2D eigenvalue weighted by molar-refractivity contribution is -0.385. The van der Waals surface area contributed by atoms with E-state index in [1.165, 1.54) is 22.7 Å². The summed E-state index contributed by atoms with van der Waals surface area (Å²) in [5.41, 5.74) is 0.664. The van der Waals surface area contributed by atoms with E-state index in [9.17, 15) is 19.7 Å². The summed E-state index contributed by atoms with van der Waals surface area (Å²) in [7, 11) is 1.28. The van der Waals surface area contributed by atoms with E-state index in [-0.39, 0.29) is 35.9 Å². The predicted octanol–water partition coefficient (Wildman–Crippen LogP) is 2.30. The van der Waals surface area contributed by atoms with E-state index in [4.69, 9.17) is 4.74 Å². The number of para-hydroxylation sites is 1. The number of aryl methyl sites for hydroxylation is 2. The van der Waals surface area contributed by atoms with Gasteiger partial charge in [0.2, 0.25) is 5.91 Å². The number of ether oxygens (including phenoxy) is 1. The van der Waals surface area contributed by atoms with Crippen LogP contribution in [0.1, 0.15) is 23.8 Å². The Morgan fingerprint density at radius 1 is 1.13 bits per heavy atom. The van der Waals surface area contributed by atoms with E-state index < -0.39 is 16.7 Å². The van der Waals surface area contributed by atoms with Crippen molar-refractivity contribution in [1.29, 1.82) is 0 Å². The smallest absolute Gasteiger partial charge is 0.350 e. The van der Waals surface area contributed by atoms with E-state index in [1.807, 2.05) is 13.0 Å². The molecule has 3 rings (SSSR count). The number of aromatic nitrogens is 4. The lowest BCUT2D eigenvalue weighted by atomic mass is 10.3. The molecule has 0 fully saturated rings. The molecule has 0 radical (unpaired) electrons. The highest BCUT2D eigenvalue weighted by atomic mass is 16.6. The summed E-state index contributed by atoms with van der Waals surface area (Å²) in [5, 5.41) is 24.5. The van der Waals surface area contributed by atoms with E-state index in [1.54, 1.807) is 30.5 Å². The summed E-state index contributed by atoms with van der Waals surface area (Å²) in [6, 6.07) is 8.89. The Balaban J connectivity index is 1.67. The van der Waals surface area contributed by atoms with Crippen molar-refractivity contribution in [3.63, 3.8) is 0 Å². The van der Waals surface area contributed by atoms with Crippen LogP contribution < -0.4 is 15.4 Å². The maximum atomic E-state index is 12.6. The first kappa shape index (κ1) is 21.5. The number of methoxy groups -OCH3 is 1. The van der Waals surface area contributed by atoms with Gasteiger partial charge in [-0.2, -0.15) is 5.10 Å². The minimum Gasteiger partial charge on any atom is -0.475 e. The van der Waals surface area contributed by atoms with Crippen LogP contribution in [0.2, 0.25) is 0 Å². The molecule has 0 aliphatic heterocycles. The first-order valence-corrected chi connectivity index (χ1v) is 9.40. The molecule has 31 heavy (non-hydrogen) atoms. The van der Waals surface area contributed by atoms with Gasteiger partial charge in [-0.25, -0.2) is 0 Å². The van der Waals surface area contributed by atoms with Crippen LogP contribution in [0.15, 0.2) is 42.7 Å². The van der Waals surface area contributed by atoms with Gasteiger partial charge in [-0.05, 0) is 19.1 Å². The zero-order valence-electron chi connectivity index (χ0n) is 16.9. The number of nitro groups is 1. The Hall–Kier alpha value is -4.22. The summed E-state index contributed by atoms with van der Waals surface area (Å²) < 4.78 is 7.66. The molecule has 0 unspecified atom stereocenters. The average Bonchev–Trinajstić information content (AvgIpc) is 3.37. The van der Waals surface area contributed by atoms with Gasteiger partial charge in [0.1, 0.15) is 6.20 Å². The third-order valence-corrected chi connectivity index (χ3v) is 4.27. The molecule has 2 N–H and O–H groups in total. The molecule has 1 aromatic carbocycles. The largest absolute Gasteiger partial charge is 0.475 e.